The first-order valence-corrected chi connectivity index (χ1v) is 11.1. The van der Waals surface area contributed by atoms with Crippen molar-refractivity contribution in [2.24, 2.45) is 12.0 Å². The summed E-state index contributed by atoms with van der Waals surface area (Å²) in [7, 11) is -1.63. The van der Waals surface area contributed by atoms with Crippen LogP contribution in [0.1, 0.15) is 24.2 Å². The lowest BCUT2D eigenvalue weighted by atomic mass is 10.2. The summed E-state index contributed by atoms with van der Waals surface area (Å²) in [5.41, 5.74) is 1.01. The van der Waals surface area contributed by atoms with E-state index in [-0.39, 0.29) is 4.90 Å². The Hall–Kier alpha value is -1.67. The first-order valence-electron chi connectivity index (χ1n) is 7.99. The van der Waals surface area contributed by atoms with Crippen LogP contribution in [0.5, 0.6) is 0 Å². The molecule has 0 atom stereocenters. The molecule has 0 spiro atoms. The van der Waals surface area contributed by atoms with E-state index < -0.39 is 21.0 Å². The SMILES string of the molecule is CC(C)S(=O)(=O)c1ccc(C(=O)N=c2sc3ccc(Cl)c(Cl)c3n2C)cc1. The van der Waals surface area contributed by atoms with E-state index in [9.17, 15) is 13.2 Å². The molecule has 0 saturated heterocycles. The molecule has 142 valence electrons. The third-order valence-electron chi connectivity index (χ3n) is 4.10. The Morgan fingerprint density at radius 2 is 1.74 bits per heavy atom. The predicted octanol–water partition coefficient (Wildman–Crippen LogP) is 4.47. The van der Waals surface area contributed by atoms with Crippen LogP contribution in [0.3, 0.4) is 0 Å². The van der Waals surface area contributed by atoms with Gasteiger partial charge in [0.05, 0.1) is 30.4 Å². The molecule has 0 N–H and O–H groups in total. The lowest BCUT2D eigenvalue weighted by Crippen LogP contribution is -2.15. The number of aryl methyl sites for hydroxylation is 1. The summed E-state index contributed by atoms with van der Waals surface area (Å²) in [6, 6.07) is 9.32. The summed E-state index contributed by atoms with van der Waals surface area (Å²) >= 11 is 13.6. The van der Waals surface area contributed by atoms with Gasteiger partial charge < -0.3 is 4.57 Å². The first-order chi connectivity index (χ1) is 12.6. The van der Waals surface area contributed by atoms with E-state index >= 15 is 0 Å². The van der Waals surface area contributed by atoms with Gasteiger partial charge in [0.25, 0.3) is 5.91 Å². The lowest BCUT2D eigenvalue weighted by Gasteiger charge is -2.07. The number of aromatic nitrogens is 1. The maximum absolute atomic E-state index is 12.5. The van der Waals surface area contributed by atoms with Gasteiger partial charge in [0.15, 0.2) is 14.6 Å². The van der Waals surface area contributed by atoms with Crippen molar-refractivity contribution in [3.63, 3.8) is 0 Å². The van der Waals surface area contributed by atoms with Crippen LogP contribution < -0.4 is 4.80 Å². The van der Waals surface area contributed by atoms with Crippen LogP contribution in [-0.4, -0.2) is 24.1 Å². The minimum Gasteiger partial charge on any atom is -0.318 e. The number of carbonyl (C=O) groups is 1. The zero-order valence-corrected chi connectivity index (χ0v) is 17.9. The Morgan fingerprint density at radius 1 is 1.11 bits per heavy atom. The standard InChI is InChI=1S/C18H16Cl2N2O3S2/c1-10(2)27(24,25)12-6-4-11(5-7-12)17(23)21-18-22(3)16-14(26-18)9-8-13(19)15(16)20/h4-10H,1-3H3. The Morgan fingerprint density at radius 3 is 2.33 bits per heavy atom. The van der Waals surface area contributed by atoms with Gasteiger partial charge in [-0.3, -0.25) is 4.79 Å². The highest BCUT2D eigenvalue weighted by Gasteiger charge is 2.19. The normalized spacial score (nSPS) is 12.9. The van der Waals surface area contributed by atoms with Crippen LogP contribution in [0.2, 0.25) is 10.0 Å². The molecule has 0 radical (unpaired) electrons. The topological polar surface area (TPSA) is 68.5 Å². The van der Waals surface area contributed by atoms with Crippen LogP contribution in [-0.2, 0) is 16.9 Å². The monoisotopic (exact) mass is 442 g/mol. The van der Waals surface area contributed by atoms with E-state index in [1.165, 1.54) is 35.6 Å². The second-order valence-corrected chi connectivity index (χ2v) is 10.5. The van der Waals surface area contributed by atoms with Crippen molar-refractivity contribution < 1.29 is 13.2 Å². The summed E-state index contributed by atoms with van der Waals surface area (Å²) < 4.78 is 26.9. The first kappa shape index (κ1) is 20.1. The van der Waals surface area contributed by atoms with E-state index in [4.69, 9.17) is 23.2 Å². The molecule has 27 heavy (non-hydrogen) atoms. The van der Waals surface area contributed by atoms with E-state index in [2.05, 4.69) is 4.99 Å². The molecule has 9 heteroatoms. The molecule has 2 aromatic carbocycles. The van der Waals surface area contributed by atoms with Crippen molar-refractivity contribution in [1.82, 2.24) is 4.57 Å². The number of thiazole rings is 1. The fourth-order valence-electron chi connectivity index (χ4n) is 2.49. The zero-order valence-electron chi connectivity index (χ0n) is 14.7. The van der Waals surface area contributed by atoms with E-state index in [1.54, 1.807) is 31.5 Å². The highest BCUT2D eigenvalue weighted by Crippen LogP contribution is 2.31. The Kier molecular flexibility index (Phi) is 5.49. The second-order valence-electron chi connectivity index (χ2n) is 6.19. The molecule has 0 saturated carbocycles. The van der Waals surface area contributed by atoms with Gasteiger partial charge in [-0.15, -0.1) is 0 Å². The Bertz CT molecular complexity index is 1210. The van der Waals surface area contributed by atoms with Crippen LogP contribution in [0, 0.1) is 0 Å². The number of benzene rings is 2. The summed E-state index contributed by atoms with van der Waals surface area (Å²) in [5, 5.41) is 0.306. The van der Waals surface area contributed by atoms with Crippen LogP contribution >= 0.6 is 34.5 Å². The van der Waals surface area contributed by atoms with Crippen molar-refractivity contribution in [2.75, 3.05) is 0 Å². The predicted molar refractivity (Wildman–Crippen MR) is 109 cm³/mol. The van der Waals surface area contributed by atoms with Gasteiger partial charge in [-0.25, -0.2) is 8.42 Å². The number of halogens is 2. The van der Waals surface area contributed by atoms with Crippen molar-refractivity contribution in [3.8, 4) is 0 Å². The van der Waals surface area contributed by atoms with Gasteiger partial charge in [-0.2, -0.15) is 4.99 Å². The van der Waals surface area contributed by atoms with Crippen molar-refractivity contribution in [2.45, 2.75) is 24.0 Å². The van der Waals surface area contributed by atoms with Crippen molar-refractivity contribution in [1.29, 1.82) is 0 Å². The average molecular weight is 443 g/mol. The maximum atomic E-state index is 12.5. The van der Waals surface area contributed by atoms with Gasteiger partial charge in [-0.1, -0.05) is 34.5 Å². The lowest BCUT2D eigenvalue weighted by molar-refractivity contribution is 0.0998. The number of rotatable bonds is 3. The van der Waals surface area contributed by atoms with Gasteiger partial charge >= 0.3 is 0 Å². The molecular weight excluding hydrogens is 427 g/mol. The number of nitrogens with zero attached hydrogens (tertiary/aromatic N) is 2. The van der Waals surface area contributed by atoms with Crippen LogP contribution in [0.25, 0.3) is 10.2 Å². The molecule has 1 amide bonds. The fraction of sp³-hybridized carbons (Fsp3) is 0.222. The molecule has 3 rings (SSSR count). The van der Waals surface area contributed by atoms with Gasteiger partial charge in [0.1, 0.15) is 0 Å². The highest BCUT2D eigenvalue weighted by molar-refractivity contribution is 7.92. The van der Waals surface area contributed by atoms with E-state index in [0.29, 0.717) is 25.9 Å². The third-order valence-corrected chi connectivity index (χ3v) is 8.17. The zero-order chi connectivity index (χ0) is 19.9. The molecule has 0 aliphatic rings. The summed E-state index contributed by atoms with van der Waals surface area (Å²) in [4.78, 5) is 17.3. The molecular formula is C18H16Cl2N2O3S2. The number of hydrogen-bond acceptors (Lipinski definition) is 4. The largest absolute Gasteiger partial charge is 0.318 e. The molecule has 3 aromatic rings. The number of amides is 1. The van der Waals surface area contributed by atoms with E-state index in [0.717, 1.165) is 4.70 Å². The minimum atomic E-state index is -3.38. The average Bonchev–Trinajstić information content (AvgIpc) is 2.94. The molecule has 0 bridgehead atoms. The summed E-state index contributed by atoms with van der Waals surface area (Å²) in [5.74, 6) is -0.465. The molecule has 0 aliphatic heterocycles. The molecule has 0 fully saturated rings. The van der Waals surface area contributed by atoms with Crippen LogP contribution in [0.4, 0.5) is 0 Å². The maximum Gasteiger partial charge on any atom is 0.279 e. The number of sulfone groups is 1. The highest BCUT2D eigenvalue weighted by atomic mass is 35.5. The molecule has 0 aliphatic carbocycles. The van der Waals surface area contributed by atoms with Crippen LogP contribution in [0.15, 0.2) is 46.3 Å². The molecule has 1 aromatic heterocycles. The number of fused-ring (bicyclic) bond motifs is 1. The minimum absolute atomic E-state index is 0.183. The van der Waals surface area contributed by atoms with Gasteiger partial charge in [0.2, 0.25) is 0 Å². The Labute approximate surface area is 170 Å². The van der Waals surface area contributed by atoms with E-state index in [1.807, 2.05) is 6.07 Å². The Balaban J connectivity index is 2.02. The molecule has 5 nitrogen and oxygen atoms in total. The quantitative estimate of drug-likeness (QED) is 0.600. The second kappa shape index (κ2) is 7.39. The van der Waals surface area contributed by atoms with Gasteiger partial charge in [0, 0.05) is 12.6 Å². The van der Waals surface area contributed by atoms with Crippen molar-refractivity contribution >= 4 is 60.5 Å². The third kappa shape index (κ3) is 3.69. The van der Waals surface area contributed by atoms with Crippen molar-refractivity contribution in [3.05, 3.63) is 56.8 Å². The number of carbonyl (C=O) groups excluding carboxylic acids is 1. The fourth-order valence-corrected chi connectivity index (χ4v) is 5.07. The number of hydrogen-bond donors (Lipinski definition) is 0. The summed E-state index contributed by atoms with van der Waals surface area (Å²) in [6.45, 7) is 3.23. The molecule has 1 heterocycles. The molecule has 0 unspecified atom stereocenters. The van der Waals surface area contributed by atoms with Gasteiger partial charge in [-0.05, 0) is 50.2 Å². The smallest absolute Gasteiger partial charge is 0.279 e. The summed E-state index contributed by atoms with van der Waals surface area (Å²) in [6.07, 6.45) is 0.